The van der Waals surface area contributed by atoms with Crippen molar-refractivity contribution in [2.45, 2.75) is 18.4 Å². The SMILES string of the molecule is Fc1cccc([C@H]2NC(=S)N[C@@H]3OCCO[C@@H]32)c1. The molecule has 0 radical (unpaired) electrons. The molecule has 2 aliphatic rings. The lowest BCUT2D eigenvalue weighted by atomic mass is 9.98. The van der Waals surface area contributed by atoms with Crippen molar-refractivity contribution in [1.82, 2.24) is 10.6 Å². The highest BCUT2D eigenvalue weighted by Crippen LogP contribution is 2.27. The fraction of sp³-hybridized carbons (Fsp3) is 0.417. The normalized spacial score (nSPS) is 31.2. The van der Waals surface area contributed by atoms with Gasteiger partial charge in [-0.1, -0.05) is 12.1 Å². The molecule has 0 saturated carbocycles. The predicted octanol–water partition coefficient (Wildman–Crippen LogP) is 1.09. The molecule has 0 unspecified atom stereocenters. The third-order valence-corrected chi connectivity index (χ3v) is 3.32. The fourth-order valence-corrected chi connectivity index (χ4v) is 2.55. The molecule has 1 aromatic rings. The van der Waals surface area contributed by atoms with Gasteiger partial charge in [0.2, 0.25) is 0 Å². The molecule has 2 heterocycles. The quantitative estimate of drug-likeness (QED) is 0.746. The second kappa shape index (κ2) is 4.79. The van der Waals surface area contributed by atoms with Crippen LogP contribution in [0.1, 0.15) is 11.6 Å². The standard InChI is InChI=1S/C12H13FN2O2S/c13-8-3-1-2-7(6-8)9-10-11(15-12(18)14-9)17-5-4-16-10/h1-3,6,9-11H,4-5H2,(H2,14,15,18)/t9-,10-,11-/m1/s1. The van der Waals surface area contributed by atoms with E-state index in [1.165, 1.54) is 12.1 Å². The van der Waals surface area contributed by atoms with Crippen LogP contribution in [0.25, 0.3) is 0 Å². The molecule has 0 aromatic heterocycles. The van der Waals surface area contributed by atoms with E-state index in [0.29, 0.717) is 18.3 Å². The predicted molar refractivity (Wildman–Crippen MR) is 67.5 cm³/mol. The van der Waals surface area contributed by atoms with Gasteiger partial charge in [0, 0.05) is 0 Å². The van der Waals surface area contributed by atoms with Crippen molar-refractivity contribution >= 4 is 17.3 Å². The topological polar surface area (TPSA) is 42.5 Å². The summed E-state index contributed by atoms with van der Waals surface area (Å²) in [5, 5.41) is 6.62. The molecule has 4 nitrogen and oxygen atoms in total. The van der Waals surface area contributed by atoms with Crippen LogP contribution in [-0.4, -0.2) is 30.7 Å². The van der Waals surface area contributed by atoms with E-state index in [2.05, 4.69) is 10.6 Å². The fourth-order valence-electron chi connectivity index (χ4n) is 2.30. The first kappa shape index (κ1) is 11.8. The third kappa shape index (κ3) is 2.19. The summed E-state index contributed by atoms with van der Waals surface area (Å²) < 4.78 is 24.6. The highest BCUT2D eigenvalue weighted by Gasteiger charge is 2.39. The second-order valence-electron chi connectivity index (χ2n) is 4.28. The molecule has 1 aromatic carbocycles. The average molecular weight is 268 g/mol. The molecule has 0 aliphatic carbocycles. The van der Waals surface area contributed by atoms with Gasteiger partial charge in [0.1, 0.15) is 11.9 Å². The summed E-state index contributed by atoms with van der Waals surface area (Å²) in [4.78, 5) is 0. The number of nitrogens with one attached hydrogen (secondary N) is 2. The van der Waals surface area contributed by atoms with Crippen LogP contribution in [0.2, 0.25) is 0 Å². The Balaban J connectivity index is 1.90. The summed E-state index contributed by atoms with van der Waals surface area (Å²) in [6.45, 7) is 1.07. The van der Waals surface area contributed by atoms with Crippen molar-refractivity contribution in [3.8, 4) is 0 Å². The minimum absolute atomic E-state index is 0.195. The van der Waals surface area contributed by atoms with Gasteiger partial charge in [0.05, 0.1) is 19.3 Å². The van der Waals surface area contributed by atoms with Gasteiger partial charge in [0.15, 0.2) is 11.3 Å². The van der Waals surface area contributed by atoms with Gasteiger partial charge in [-0.15, -0.1) is 0 Å². The minimum atomic E-state index is -0.277. The summed E-state index contributed by atoms with van der Waals surface area (Å²) >= 11 is 5.13. The molecule has 2 saturated heterocycles. The van der Waals surface area contributed by atoms with Crippen molar-refractivity contribution in [2.75, 3.05) is 13.2 Å². The van der Waals surface area contributed by atoms with Gasteiger partial charge in [-0.05, 0) is 29.9 Å². The zero-order valence-electron chi connectivity index (χ0n) is 9.56. The smallest absolute Gasteiger partial charge is 0.168 e. The molecular formula is C12H13FN2O2S. The largest absolute Gasteiger partial charge is 0.369 e. The summed E-state index contributed by atoms with van der Waals surface area (Å²) in [6, 6.07) is 6.23. The maximum Gasteiger partial charge on any atom is 0.168 e. The average Bonchev–Trinajstić information content (AvgIpc) is 2.37. The first-order valence-electron chi connectivity index (χ1n) is 5.80. The first-order chi connectivity index (χ1) is 8.74. The van der Waals surface area contributed by atoms with Gasteiger partial charge in [-0.2, -0.15) is 0 Å². The van der Waals surface area contributed by atoms with Gasteiger partial charge in [0.25, 0.3) is 0 Å². The Morgan fingerprint density at radius 1 is 1.22 bits per heavy atom. The maximum atomic E-state index is 13.3. The van der Waals surface area contributed by atoms with E-state index < -0.39 is 0 Å². The number of ether oxygens (including phenoxy) is 2. The van der Waals surface area contributed by atoms with Crippen molar-refractivity contribution in [3.63, 3.8) is 0 Å². The number of halogens is 1. The maximum absolute atomic E-state index is 13.3. The molecule has 2 fully saturated rings. The second-order valence-corrected chi connectivity index (χ2v) is 4.69. The van der Waals surface area contributed by atoms with Crippen LogP contribution in [0.5, 0.6) is 0 Å². The van der Waals surface area contributed by atoms with E-state index in [9.17, 15) is 4.39 Å². The number of rotatable bonds is 1. The molecule has 3 atom stereocenters. The molecule has 2 aliphatic heterocycles. The number of benzene rings is 1. The Morgan fingerprint density at radius 2 is 2.06 bits per heavy atom. The number of thiocarbonyl (C=S) groups is 1. The molecule has 0 amide bonds. The summed E-state index contributed by atoms with van der Waals surface area (Å²) in [5.41, 5.74) is 0.805. The van der Waals surface area contributed by atoms with Crippen LogP contribution in [-0.2, 0) is 9.47 Å². The van der Waals surface area contributed by atoms with E-state index in [1.54, 1.807) is 6.07 Å². The van der Waals surface area contributed by atoms with Crippen LogP contribution in [0.4, 0.5) is 4.39 Å². The Kier molecular flexibility index (Phi) is 3.15. The van der Waals surface area contributed by atoms with E-state index >= 15 is 0 Å². The van der Waals surface area contributed by atoms with Crippen LogP contribution in [0.15, 0.2) is 24.3 Å². The van der Waals surface area contributed by atoms with E-state index in [0.717, 1.165) is 5.56 Å². The monoisotopic (exact) mass is 268 g/mol. The molecule has 0 spiro atoms. The van der Waals surface area contributed by atoms with Crippen LogP contribution < -0.4 is 10.6 Å². The number of hydrogen-bond acceptors (Lipinski definition) is 3. The number of fused-ring (bicyclic) bond motifs is 1. The summed E-state index contributed by atoms with van der Waals surface area (Å²) in [6.07, 6.45) is -0.493. The van der Waals surface area contributed by atoms with Crippen molar-refractivity contribution in [1.29, 1.82) is 0 Å². The Morgan fingerprint density at radius 3 is 2.89 bits per heavy atom. The molecule has 6 heteroatoms. The van der Waals surface area contributed by atoms with Crippen molar-refractivity contribution < 1.29 is 13.9 Å². The third-order valence-electron chi connectivity index (χ3n) is 3.09. The highest BCUT2D eigenvalue weighted by atomic mass is 32.1. The minimum Gasteiger partial charge on any atom is -0.369 e. The molecule has 96 valence electrons. The van der Waals surface area contributed by atoms with Crippen LogP contribution in [0, 0.1) is 5.82 Å². The zero-order valence-corrected chi connectivity index (χ0v) is 10.4. The summed E-state index contributed by atoms with van der Waals surface area (Å²) in [5.74, 6) is -0.271. The van der Waals surface area contributed by atoms with Crippen LogP contribution >= 0.6 is 12.2 Å². The molecule has 3 rings (SSSR count). The highest BCUT2D eigenvalue weighted by molar-refractivity contribution is 7.80. The Labute approximate surface area is 109 Å². The molecule has 0 bridgehead atoms. The van der Waals surface area contributed by atoms with Gasteiger partial charge in [-0.25, -0.2) is 4.39 Å². The van der Waals surface area contributed by atoms with Gasteiger partial charge < -0.3 is 20.1 Å². The lowest BCUT2D eigenvalue weighted by Gasteiger charge is -2.42. The molecule has 18 heavy (non-hydrogen) atoms. The van der Waals surface area contributed by atoms with E-state index in [1.807, 2.05) is 6.07 Å². The summed E-state index contributed by atoms with van der Waals surface area (Å²) in [7, 11) is 0. The molecular weight excluding hydrogens is 255 g/mol. The van der Waals surface area contributed by atoms with Gasteiger partial charge >= 0.3 is 0 Å². The van der Waals surface area contributed by atoms with Gasteiger partial charge in [-0.3, -0.25) is 0 Å². The first-order valence-corrected chi connectivity index (χ1v) is 6.20. The number of hydrogen-bond donors (Lipinski definition) is 2. The Hall–Kier alpha value is -1.24. The van der Waals surface area contributed by atoms with Crippen LogP contribution in [0.3, 0.4) is 0 Å². The lowest BCUT2D eigenvalue weighted by Crippen LogP contribution is -2.62. The van der Waals surface area contributed by atoms with Crippen molar-refractivity contribution in [2.24, 2.45) is 0 Å². The zero-order chi connectivity index (χ0) is 12.5. The molecule has 2 N–H and O–H groups in total. The van der Waals surface area contributed by atoms with Crippen molar-refractivity contribution in [3.05, 3.63) is 35.6 Å². The lowest BCUT2D eigenvalue weighted by molar-refractivity contribution is -0.161. The Bertz CT molecular complexity index is 471. The van der Waals surface area contributed by atoms with E-state index in [-0.39, 0.29) is 24.2 Å². The van der Waals surface area contributed by atoms with E-state index in [4.69, 9.17) is 21.7 Å².